The molecule has 29 heavy (non-hydrogen) atoms. The molecule has 0 unspecified atom stereocenters. The molecule has 1 heterocycles. The lowest BCUT2D eigenvalue weighted by atomic mass is 10.2. The molecule has 0 atom stereocenters. The molecule has 0 amide bonds. The quantitative estimate of drug-likeness (QED) is 0.457. The minimum atomic E-state index is 0.665. The van der Waals surface area contributed by atoms with E-state index in [1.54, 1.807) is 13.2 Å². The third kappa shape index (κ3) is 5.38. The van der Waals surface area contributed by atoms with E-state index in [1.807, 2.05) is 35.1 Å². The number of para-hydroxylation sites is 1. The van der Waals surface area contributed by atoms with Crippen molar-refractivity contribution >= 4 is 5.96 Å². The fraction of sp³-hybridized carbons (Fsp3) is 0.304. The van der Waals surface area contributed by atoms with Crippen LogP contribution in [-0.2, 0) is 13.1 Å². The molecule has 3 aromatic rings. The number of nitrogens with one attached hydrogen (secondary N) is 2. The van der Waals surface area contributed by atoms with Crippen LogP contribution in [0.4, 0.5) is 0 Å². The molecule has 1 fully saturated rings. The van der Waals surface area contributed by atoms with Crippen molar-refractivity contribution in [3.63, 3.8) is 0 Å². The van der Waals surface area contributed by atoms with Gasteiger partial charge < -0.3 is 15.4 Å². The van der Waals surface area contributed by atoms with Crippen LogP contribution in [0, 0.1) is 5.92 Å². The number of guanidine groups is 1. The van der Waals surface area contributed by atoms with Crippen LogP contribution >= 0.6 is 0 Å². The summed E-state index contributed by atoms with van der Waals surface area (Å²) in [6.45, 7) is 2.18. The number of hydrogen-bond acceptors (Lipinski definition) is 3. The molecule has 6 heteroatoms. The van der Waals surface area contributed by atoms with Gasteiger partial charge in [0, 0.05) is 38.1 Å². The Morgan fingerprint density at radius 3 is 2.59 bits per heavy atom. The number of benzene rings is 2. The van der Waals surface area contributed by atoms with Crippen molar-refractivity contribution < 1.29 is 4.74 Å². The average molecular weight is 390 g/mol. The lowest BCUT2D eigenvalue weighted by Crippen LogP contribution is -2.36. The van der Waals surface area contributed by atoms with E-state index >= 15 is 0 Å². The van der Waals surface area contributed by atoms with Gasteiger partial charge in [-0.25, -0.2) is 4.68 Å². The molecule has 2 N–H and O–H groups in total. The minimum absolute atomic E-state index is 0.665. The predicted molar refractivity (Wildman–Crippen MR) is 115 cm³/mol. The van der Waals surface area contributed by atoms with E-state index in [-0.39, 0.29) is 0 Å². The highest BCUT2D eigenvalue weighted by atomic mass is 16.5. The van der Waals surface area contributed by atoms with Crippen molar-refractivity contribution in [3.05, 3.63) is 78.1 Å². The maximum atomic E-state index is 5.99. The van der Waals surface area contributed by atoms with Crippen LogP contribution < -0.4 is 15.4 Å². The molecular formula is C23H27N5O. The van der Waals surface area contributed by atoms with Crippen LogP contribution in [0.15, 0.2) is 72.0 Å². The fourth-order valence-electron chi connectivity index (χ4n) is 3.06. The van der Waals surface area contributed by atoms with Crippen LogP contribution in [-0.4, -0.2) is 29.4 Å². The van der Waals surface area contributed by atoms with Gasteiger partial charge >= 0.3 is 0 Å². The Labute approximate surface area is 171 Å². The zero-order chi connectivity index (χ0) is 19.9. The summed E-state index contributed by atoms with van der Waals surface area (Å²) in [5, 5.41) is 11.0. The normalized spacial score (nSPS) is 13.9. The zero-order valence-corrected chi connectivity index (χ0v) is 16.7. The summed E-state index contributed by atoms with van der Waals surface area (Å²) in [6.07, 6.45) is 6.30. The third-order valence-electron chi connectivity index (χ3n) is 4.98. The Bertz CT molecular complexity index is 930. The van der Waals surface area contributed by atoms with Crippen LogP contribution in [0.5, 0.6) is 5.75 Å². The van der Waals surface area contributed by atoms with Gasteiger partial charge in [-0.15, -0.1) is 0 Å². The SMILES string of the molecule is CN=C(NCc1ccc(-n2cccn2)cc1)NCc1ccccc1OCC1CC1. The van der Waals surface area contributed by atoms with Crippen molar-refractivity contribution in [1.29, 1.82) is 0 Å². The molecule has 1 aliphatic carbocycles. The Balaban J connectivity index is 1.29. The molecule has 0 radical (unpaired) electrons. The summed E-state index contributed by atoms with van der Waals surface area (Å²) < 4.78 is 7.84. The van der Waals surface area contributed by atoms with Crippen LogP contribution in [0.2, 0.25) is 0 Å². The van der Waals surface area contributed by atoms with Gasteiger partial charge in [0.2, 0.25) is 0 Å². The molecular weight excluding hydrogens is 362 g/mol. The van der Waals surface area contributed by atoms with E-state index in [4.69, 9.17) is 4.74 Å². The van der Waals surface area contributed by atoms with Gasteiger partial charge in [-0.2, -0.15) is 5.10 Å². The summed E-state index contributed by atoms with van der Waals surface area (Å²) in [6, 6.07) is 18.4. The van der Waals surface area contributed by atoms with Gasteiger partial charge in [0.25, 0.3) is 0 Å². The first kappa shape index (κ1) is 19.1. The van der Waals surface area contributed by atoms with Crippen LogP contribution in [0.1, 0.15) is 24.0 Å². The lowest BCUT2D eigenvalue weighted by molar-refractivity contribution is 0.296. The van der Waals surface area contributed by atoms with E-state index in [0.717, 1.165) is 35.5 Å². The largest absolute Gasteiger partial charge is 0.493 e. The van der Waals surface area contributed by atoms with Gasteiger partial charge in [-0.3, -0.25) is 4.99 Å². The van der Waals surface area contributed by atoms with E-state index in [9.17, 15) is 0 Å². The highest BCUT2D eigenvalue weighted by Crippen LogP contribution is 2.30. The van der Waals surface area contributed by atoms with Crippen molar-refractivity contribution in [3.8, 4) is 11.4 Å². The van der Waals surface area contributed by atoms with E-state index < -0.39 is 0 Å². The van der Waals surface area contributed by atoms with E-state index in [1.165, 1.54) is 18.4 Å². The van der Waals surface area contributed by atoms with Gasteiger partial charge in [-0.05, 0) is 48.6 Å². The zero-order valence-electron chi connectivity index (χ0n) is 16.7. The highest BCUT2D eigenvalue weighted by Gasteiger charge is 2.22. The number of aromatic nitrogens is 2. The molecule has 150 valence electrons. The van der Waals surface area contributed by atoms with Crippen LogP contribution in [0.3, 0.4) is 0 Å². The second-order valence-electron chi connectivity index (χ2n) is 7.26. The van der Waals surface area contributed by atoms with Gasteiger partial charge in [0.1, 0.15) is 5.75 Å². The van der Waals surface area contributed by atoms with Crippen molar-refractivity contribution in [2.45, 2.75) is 25.9 Å². The fourth-order valence-corrected chi connectivity index (χ4v) is 3.06. The molecule has 0 aliphatic heterocycles. The summed E-state index contributed by atoms with van der Waals surface area (Å²) >= 11 is 0. The number of hydrogen-bond donors (Lipinski definition) is 2. The summed E-state index contributed by atoms with van der Waals surface area (Å²) in [5.41, 5.74) is 3.36. The molecule has 1 aromatic heterocycles. The van der Waals surface area contributed by atoms with Crippen molar-refractivity contribution in [2.24, 2.45) is 10.9 Å². The Morgan fingerprint density at radius 2 is 1.86 bits per heavy atom. The lowest BCUT2D eigenvalue weighted by Gasteiger charge is -2.15. The first-order valence-electron chi connectivity index (χ1n) is 10.1. The molecule has 0 saturated heterocycles. The van der Waals surface area contributed by atoms with E-state index in [2.05, 4.69) is 51.1 Å². The topological polar surface area (TPSA) is 63.5 Å². The Kier molecular flexibility index (Phi) is 6.10. The first-order chi connectivity index (χ1) is 14.3. The maximum Gasteiger partial charge on any atom is 0.191 e. The number of aliphatic imine (C=N–C) groups is 1. The maximum absolute atomic E-state index is 5.99. The molecule has 1 saturated carbocycles. The van der Waals surface area contributed by atoms with Gasteiger partial charge in [0.05, 0.1) is 12.3 Å². The standard InChI is InChI=1S/C23H27N5O/c1-24-23(25-15-18-9-11-21(12-10-18)28-14-4-13-27-28)26-16-20-5-2-3-6-22(20)29-17-19-7-8-19/h2-6,9-14,19H,7-8,15-17H2,1H3,(H2,24,25,26). The molecule has 4 rings (SSSR count). The summed E-state index contributed by atoms with van der Waals surface area (Å²) in [5.74, 6) is 2.46. The number of ether oxygens (including phenoxy) is 1. The minimum Gasteiger partial charge on any atom is -0.493 e. The average Bonchev–Trinajstić information content (AvgIpc) is 3.44. The molecule has 0 bridgehead atoms. The van der Waals surface area contributed by atoms with Crippen LogP contribution in [0.25, 0.3) is 5.69 Å². The summed E-state index contributed by atoms with van der Waals surface area (Å²) in [4.78, 5) is 4.33. The molecule has 2 aromatic carbocycles. The third-order valence-corrected chi connectivity index (χ3v) is 4.98. The van der Waals surface area contributed by atoms with Gasteiger partial charge in [0.15, 0.2) is 5.96 Å². The monoisotopic (exact) mass is 389 g/mol. The smallest absolute Gasteiger partial charge is 0.191 e. The summed E-state index contributed by atoms with van der Waals surface area (Å²) in [7, 11) is 1.78. The molecule has 6 nitrogen and oxygen atoms in total. The van der Waals surface area contributed by atoms with Gasteiger partial charge in [-0.1, -0.05) is 30.3 Å². The van der Waals surface area contributed by atoms with E-state index in [0.29, 0.717) is 13.1 Å². The number of nitrogens with zero attached hydrogens (tertiary/aromatic N) is 3. The first-order valence-corrected chi connectivity index (χ1v) is 10.1. The van der Waals surface area contributed by atoms with Crippen molar-refractivity contribution in [1.82, 2.24) is 20.4 Å². The molecule has 1 aliphatic rings. The highest BCUT2D eigenvalue weighted by molar-refractivity contribution is 5.79. The predicted octanol–water partition coefficient (Wildman–Crippen LogP) is 3.53. The second kappa shape index (κ2) is 9.28. The second-order valence-corrected chi connectivity index (χ2v) is 7.26. The van der Waals surface area contributed by atoms with Crippen molar-refractivity contribution in [2.75, 3.05) is 13.7 Å². The molecule has 0 spiro atoms. The Morgan fingerprint density at radius 1 is 1.07 bits per heavy atom. The number of rotatable bonds is 8. The Hall–Kier alpha value is -3.28.